The van der Waals surface area contributed by atoms with Gasteiger partial charge in [-0.25, -0.2) is 18.1 Å². The van der Waals surface area contributed by atoms with Crippen molar-refractivity contribution < 1.29 is 32.2 Å². The number of anilines is 1. The van der Waals surface area contributed by atoms with Crippen LogP contribution in [0.4, 0.5) is 23.2 Å². The summed E-state index contributed by atoms with van der Waals surface area (Å²) in [6.07, 6.45) is -0.730. The smallest absolute Gasteiger partial charge is 0.483 e. The molecule has 0 fully saturated rings. The molecule has 0 unspecified atom stereocenters. The SMILES string of the molecule is C#CCN1C(=O)C(F)(F)Oc2cc(F)c(-n3c(O)c4n(c3=O)C[C@@H](F)C4)cc21. The molecule has 0 aliphatic carbocycles. The Kier molecular flexibility index (Phi) is 3.71. The van der Waals surface area contributed by atoms with Gasteiger partial charge in [0.1, 0.15) is 6.17 Å². The van der Waals surface area contributed by atoms with Crippen LogP contribution in [-0.4, -0.2) is 39.0 Å². The van der Waals surface area contributed by atoms with Crippen LogP contribution in [0.2, 0.25) is 0 Å². The normalized spacial score (nSPS) is 19.8. The number of halogens is 4. The van der Waals surface area contributed by atoms with E-state index in [0.717, 1.165) is 10.6 Å². The van der Waals surface area contributed by atoms with Gasteiger partial charge in [-0.05, 0) is 6.07 Å². The van der Waals surface area contributed by atoms with Crippen molar-refractivity contribution >= 4 is 11.6 Å². The number of terminal acetylenes is 1. The van der Waals surface area contributed by atoms with Crippen LogP contribution in [0.3, 0.4) is 0 Å². The summed E-state index contributed by atoms with van der Waals surface area (Å²) in [4.78, 5) is 24.9. The van der Waals surface area contributed by atoms with Gasteiger partial charge in [0, 0.05) is 12.5 Å². The predicted octanol–water partition coefficient (Wildman–Crippen LogP) is 1.33. The first kappa shape index (κ1) is 18.0. The minimum atomic E-state index is -4.25. The lowest BCUT2D eigenvalue weighted by molar-refractivity contribution is -0.192. The van der Waals surface area contributed by atoms with E-state index in [0.29, 0.717) is 15.5 Å². The van der Waals surface area contributed by atoms with Gasteiger partial charge in [-0.2, -0.15) is 8.78 Å². The summed E-state index contributed by atoms with van der Waals surface area (Å²) in [5.74, 6) is -2.24. The topological polar surface area (TPSA) is 76.7 Å². The highest BCUT2D eigenvalue weighted by molar-refractivity contribution is 6.01. The molecule has 4 rings (SSSR count). The van der Waals surface area contributed by atoms with Crippen LogP contribution in [-0.2, 0) is 17.8 Å². The lowest BCUT2D eigenvalue weighted by Crippen LogP contribution is -2.51. The molecule has 0 saturated heterocycles. The fourth-order valence-corrected chi connectivity index (χ4v) is 3.35. The molecule has 0 spiro atoms. The summed E-state index contributed by atoms with van der Waals surface area (Å²) in [5.41, 5.74) is -1.76. The average molecular weight is 397 g/mol. The number of aromatic nitrogens is 2. The first-order valence-corrected chi connectivity index (χ1v) is 7.99. The third-order valence-electron chi connectivity index (χ3n) is 4.56. The summed E-state index contributed by atoms with van der Waals surface area (Å²) >= 11 is 0. The molecule has 0 radical (unpaired) electrons. The average Bonchev–Trinajstić information content (AvgIpc) is 3.10. The highest BCUT2D eigenvalue weighted by Crippen LogP contribution is 2.42. The maximum absolute atomic E-state index is 14.6. The van der Waals surface area contributed by atoms with Gasteiger partial charge >= 0.3 is 17.7 Å². The molecule has 28 heavy (non-hydrogen) atoms. The third-order valence-corrected chi connectivity index (χ3v) is 4.56. The van der Waals surface area contributed by atoms with E-state index in [1.165, 1.54) is 0 Å². The number of carbonyl (C=O) groups is 1. The van der Waals surface area contributed by atoms with Gasteiger partial charge in [0.15, 0.2) is 11.6 Å². The molecule has 2 aliphatic rings. The third kappa shape index (κ3) is 2.37. The number of alkyl halides is 3. The van der Waals surface area contributed by atoms with E-state index < -0.39 is 53.6 Å². The monoisotopic (exact) mass is 397 g/mol. The molecular formula is C17H11F4N3O4. The van der Waals surface area contributed by atoms with Crippen LogP contribution in [0.15, 0.2) is 16.9 Å². The minimum Gasteiger partial charge on any atom is -0.493 e. The number of imidazole rings is 1. The molecule has 1 amide bonds. The molecule has 1 atom stereocenters. The van der Waals surface area contributed by atoms with Crippen molar-refractivity contribution in [3.05, 3.63) is 34.1 Å². The maximum Gasteiger partial charge on any atom is 0.483 e. The van der Waals surface area contributed by atoms with E-state index in [1.54, 1.807) is 0 Å². The number of nitrogens with zero attached hydrogens (tertiary/aromatic N) is 3. The Labute approximate surface area is 154 Å². The standard InChI is InChI=1S/C17H11F4N3O4/c1-2-3-22-11-6-10(9(19)5-13(11)28-17(20,21)15(22)26)24-14(25)12-4-8(18)7-23(12)16(24)27/h1,5-6,8,25H,3-4,7H2/t8-/m0/s1. The first-order valence-electron chi connectivity index (χ1n) is 7.99. The molecule has 1 aromatic carbocycles. The van der Waals surface area contributed by atoms with Crippen molar-refractivity contribution in [1.82, 2.24) is 9.13 Å². The number of aromatic hydroxyl groups is 1. The molecule has 7 nitrogen and oxygen atoms in total. The van der Waals surface area contributed by atoms with Gasteiger partial charge < -0.3 is 9.84 Å². The van der Waals surface area contributed by atoms with Gasteiger partial charge in [0.05, 0.1) is 30.2 Å². The van der Waals surface area contributed by atoms with Crippen molar-refractivity contribution in [3.63, 3.8) is 0 Å². The maximum atomic E-state index is 14.6. The second kappa shape index (κ2) is 5.79. The molecule has 0 bridgehead atoms. The summed E-state index contributed by atoms with van der Waals surface area (Å²) in [6.45, 7) is -0.870. The van der Waals surface area contributed by atoms with Crippen LogP contribution in [0.25, 0.3) is 5.69 Å². The van der Waals surface area contributed by atoms with Crippen molar-refractivity contribution in [2.75, 3.05) is 11.4 Å². The first-order chi connectivity index (χ1) is 13.2. The summed E-state index contributed by atoms with van der Waals surface area (Å²) in [6, 6.07) is 1.44. The summed E-state index contributed by atoms with van der Waals surface area (Å²) < 4.78 is 61.4. The fraction of sp³-hybridized carbons (Fsp3) is 0.294. The zero-order chi connectivity index (χ0) is 20.4. The van der Waals surface area contributed by atoms with Gasteiger partial charge in [0.2, 0.25) is 5.88 Å². The molecule has 3 heterocycles. The number of benzene rings is 1. The summed E-state index contributed by atoms with van der Waals surface area (Å²) in [7, 11) is 0. The number of carbonyl (C=O) groups excluding carboxylic acids is 1. The van der Waals surface area contributed by atoms with E-state index in [-0.39, 0.29) is 24.3 Å². The molecule has 0 saturated carbocycles. The Bertz CT molecular complexity index is 1120. The second-order valence-electron chi connectivity index (χ2n) is 6.29. The number of hydrogen-bond donors (Lipinski definition) is 1. The lowest BCUT2D eigenvalue weighted by atomic mass is 10.2. The van der Waals surface area contributed by atoms with Crippen LogP contribution in [0.1, 0.15) is 5.69 Å². The van der Waals surface area contributed by atoms with E-state index >= 15 is 0 Å². The van der Waals surface area contributed by atoms with Gasteiger partial charge in [0.25, 0.3) is 0 Å². The quantitative estimate of drug-likeness (QED) is 0.613. The van der Waals surface area contributed by atoms with Crippen LogP contribution in [0, 0.1) is 18.2 Å². The van der Waals surface area contributed by atoms with E-state index in [4.69, 9.17) is 6.42 Å². The number of fused-ring (bicyclic) bond motifs is 2. The van der Waals surface area contributed by atoms with Crippen molar-refractivity contribution in [2.45, 2.75) is 25.2 Å². The van der Waals surface area contributed by atoms with Crippen LogP contribution in [0.5, 0.6) is 11.6 Å². The lowest BCUT2D eigenvalue weighted by Gasteiger charge is -2.32. The number of amides is 1. The molecular weight excluding hydrogens is 386 g/mol. The zero-order valence-corrected chi connectivity index (χ0v) is 14.0. The largest absolute Gasteiger partial charge is 0.493 e. The van der Waals surface area contributed by atoms with Crippen molar-refractivity contribution in [3.8, 4) is 29.7 Å². The molecule has 1 aromatic heterocycles. The van der Waals surface area contributed by atoms with Gasteiger partial charge in [-0.1, -0.05) is 5.92 Å². The molecule has 11 heteroatoms. The van der Waals surface area contributed by atoms with Crippen LogP contribution < -0.4 is 15.3 Å². The highest BCUT2D eigenvalue weighted by atomic mass is 19.3. The molecule has 2 aromatic rings. The van der Waals surface area contributed by atoms with Gasteiger partial charge in [-0.3, -0.25) is 14.3 Å². The summed E-state index contributed by atoms with van der Waals surface area (Å²) in [5, 5.41) is 10.3. The number of ether oxygens (including phenoxy) is 1. The predicted molar refractivity (Wildman–Crippen MR) is 87.0 cm³/mol. The molecule has 1 N–H and O–H groups in total. The Balaban J connectivity index is 1.92. The van der Waals surface area contributed by atoms with E-state index in [2.05, 4.69) is 4.74 Å². The zero-order valence-electron chi connectivity index (χ0n) is 14.0. The highest BCUT2D eigenvalue weighted by Gasteiger charge is 2.50. The number of hydrogen-bond acceptors (Lipinski definition) is 4. The van der Waals surface area contributed by atoms with E-state index in [1.807, 2.05) is 5.92 Å². The minimum absolute atomic E-state index is 0.0195. The van der Waals surface area contributed by atoms with Gasteiger partial charge in [-0.15, -0.1) is 6.42 Å². The fourth-order valence-electron chi connectivity index (χ4n) is 3.35. The molecule has 2 aliphatic heterocycles. The van der Waals surface area contributed by atoms with E-state index in [9.17, 15) is 32.3 Å². The van der Waals surface area contributed by atoms with Crippen molar-refractivity contribution in [1.29, 1.82) is 0 Å². The Morgan fingerprint density at radius 1 is 1.32 bits per heavy atom. The van der Waals surface area contributed by atoms with Crippen LogP contribution >= 0.6 is 0 Å². The Morgan fingerprint density at radius 2 is 2.04 bits per heavy atom. The molecule has 146 valence electrons. The number of rotatable bonds is 2. The Morgan fingerprint density at radius 3 is 2.68 bits per heavy atom. The Hall–Kier alpha value is -3.42. The second-order valence-corrected chi connectivity index (χ2v) is 6.29. The van der Waals surface area contributed by atoms with Crippen molar-refractivity contribution in [2.24, 2.45) is 0 Å².